The Labute approximate surface area is 231 Å². The van der Waals surface area contributed by atoms with E-state index in [1.807, 2.05) is 67.7 Å². The molecule has 2 aromatic carbocycles. The molecule has 0 radical (unpaired) electrons. The van der Waals surface area contributed by atoms with E-state index < -0.39 is 11.6 Å². The number of carbonyl (C=O) groups is 2. The number of aliphatic hydroxyl groups is 1. The number of carbonyl (C=O) groups excluding carboxylic acids is 2. The Balaban J connectivity index is 1.22. The monoisotopic (exact) mass is 527 g/mol. The summed E-state index contributed by atoms with van der Waals surface area (Å²) in [5, 5.41) is 17.5. The number of nitrogens with one attached hydrogen (secondary N) is 3. The van der Waals surface area contributed by atoms with Crippen LogP contribution >= 0.6 is 0 Å². The summed E-state index contributed by atoms with van der Waals surface area (Å²) in [6.07, 6.45) is 10.8. The van der Waals surface area contributed by atoms with Gasteiger partial charge in [0.2, 0.25) is 11.8 Å². The molecule has 2 atom stereocenters. The number of aliphatic hydroxyl groups excluding tert-OH is 1. The largest absolute Gasteiger partial charge is 0.394 e. The van der Waals surface area contributed by atoms with Gasteiger partial charge in [-0.05, 0) is 92.2 Å². The Morgan fingerprint density at radius 1 is 1.00 bits per heavy atom. The number of hydrogen-bond donors (Lipinski definition) is 4. The number of benzene rings is 2. The van der Waals surface area contributed by atoms with E-state index >= 15 is 0 Å². The molecule has 3 aromatic rings. The fourth-order valence-electron chi connectivity index (χ4n) is 8.44. The molecule has 4 fully saturated rings. The van der Waals surface area contributed by atoms with E-state index in [0.717, 1.165) is 59.0 Å². The molecule has 4 bridgehead atoms. The van der Waals surface area contributed by atoms with Gasteiger partial charge in [0.25, 0.3) is 0 Å². The lowest BCUT2D eigenvalue weighted by Crippen LogP contribution is -2.61. The molecule has 6 nitrogen and oxygen atoms in total. The van der Waals surface area contributed by atoms with Crippen LogP contribution in [0.25, 0.3) is 10.9 Å². The second-order valence-electron chi connectivity index (χ2n) is 13.1. The van der Waals surface area contributed by atoms with Crippen LogP contribution < -0.4 is 10.6 Å². The van der Waals surface area contributed by atoms with Crippen molar-refractivity contribution in [3.05, 3.63) is 71.9 Å². The highest BCUT2D eigenvalue weighted by Gasteiger charge is 2.52. The first-order chi connectivity index (χ1) is 18.8. The molecule has 4 N–H and O–H groups in total. The predicted molar refractivity (Wildman–Crippen MR) is 153 cm³/mol. The van der Waals surface area contributed by atoms with Gasteiger partial charge in [-0.2, -0.15) is 0 Å². The third-order valence-electron chi connectivity index (χ3n) is 9.72. The lowest BCUT2D eigenvalue weighted by atomic mass is 9.49. The van der Waals surface area contributed by atoms with Crippen LogP contribution in [-0.2, 0) is 22.4 Å². The SMILES string of the molecule is CC(Cc1c[nH]c2ccccc12)(NC(=O)CC12CC3CC(CC(C3)C1)C2)C(=O)NC(CO)Cc1ccccc1. The minimum atomic E-state index is -1.16. The summed E-state index contributed by atoms with van der Waals surface area (Å²) in [7, 11) is 0. The molecular weight excluding hydrogens is 486 g/mol. The highest BCUT2D eigenvalue weighted by Crippen LogP contribution is 2.61. The maximum absolute atomic E-state index is 13.9. The molecule has 0 saturated heterocycles. The third-order valence-corrected chi connectivity index (χ3v) is 9.72. The van der Waals surface area contributed by atoms with Gasteiger partial charge >= 0.3 is 0 Å². The molecule has 2 unspecified atom stereocenters. The van der Waals surface area contributed by atoms with E-state index in [0.29, 0.717) is 19.3 Å². The van der Waals surface area contributed by atoms with Gasteiger partial charge in [0, 0.05) is 29.9 Å². The Morgan fingerprint density at radius 3 is 2.31 bits per heavy atom. The zero-order valence-electron chi connectivity index (χ0n) is 22.9. The molecule has 1 heterocycles. The summed E-state index contributed by atoms with van der Waals surface area (Å²) in [5.41, 5.74) is 1.97. The third kappa shape index (κ3) is 5.49. The molecule has 39 heavy (non-hydrogen) atoms. The van der Waals surface area contributed by atoms with Crippen LogP contribution in [0.2, 0.25) is 0 Å². The van der Waals surface area contributed by atoms with E-state index in [2.05, 4.69) is 15.6 Å². The summed E-state index contributed by atoms with van der Waals surface area (Å²) in [6.45, 7) is 1.66. The van der Waals surface area contributed by atoms with Crippen LogP contribution in [0.5, 0.6) is 0 Å². The average Bonchev–Trinajstić information content (AvgIpc) is 3.30. The fraction of sp³-hybridized carbons (Fsp3) is 0.515. The molecular formula is C33H41N3O3. The Morgan fingerprint density at radius 2 is 1.64 bits per heavy atom. The van der Waals surface area contributed by atoms with Gasteiger partial charge in [-0.1, -0.05) is 48.5 Å². The Kier molecular flexibility index (Phi) is 7.00. The molecule has 4 aliphatic rings. The van der Waals surface area contributed by atoms with Gasteiger partial charge in [0.05, 0.1) is 12.6 Å². The number of aromatic nitrogens is 1. The van der Waals surface area contributed by atoms with Gasteiger partial charge in [-0.15, -0.1) is 0 Å². The van der Waals surface area contributed by atoms with Gasteiger partial charge < -0.3 is 20.7 Å². The minimum absolute atomic E-state index is 0.0296. The number of para-hydroxylation sites is 1. The number of aromatic amines is 1. The summed E-state index contributed by atoms with van der Waals surface area (Å²) >= 11 is 0. The van der Waals surface area contributed by atoms with Crippen molar-refractivity contribution in [2.75, 3.05) is 6.61 Å². The zero-order valence-corrected chi connectivity index (χ0v) is 22.9. The smallest absolute Gasteiger partial charge is 0.246 e. The molecule has 4 aliphatic carbocycles. The molecule has 6 heteroatoms. The first kappa shape index (κ1) is 26.1. The van der Waals surface area contributed by atoms with E-state index in [9.17, 15) is 14.7 Å². The number of rotatable bonds is 10. The second-order valence-corrected chi connectivity index (χ2v) is 13.1. The lowest BCUT2D eigenvalue weighted by Gasteiger charge is -2.56. The van der Waals surface area contributed by atoms with Crippen molar-refractivity contribution in [3.63, 3.8) is 0 Å². The van der Waals surface area contributed by atoms with Crippen molar-refractivity contribution in [1.82, 2.24) is 15.6 Å². The van der Waals surface area contributed by atoms with Gasteiger partial charge in [0.15, 0.2) is 0 Å². The van der Waals surface area contributed by atoms with Crippen LogP contribution in [0.15, 0.2) is 60.8 Å². The van der Waals surface area contributed by atoms with Crippen molar-refractivity contribution in [3.8, 4) is 0 Å². The van der Waals surface area contributed by atoms with Crippen LogP contribution in [0.3, 0.4) is 0 Å². The first-order valence-corrected chi connectivity index (χ1v) is 14.6. The summed E-state index contributed by atoms with van der Waals surface area (Å²) in [4.78, 5) is 31.0. The number of fused-ring (bicyclic) bond motifs is 1. The summed E-state index contributed by atoms with van der Waals surface area (Å²) < 4.78 is 0. The minimum Gasteiger partial charge on any atom is -0.394 e. The average molecular weight is 528 g/mol. The molecule has 0 aliphatic heterocycles. The highest BCUT2D eigenvalue weighted by atomic mass is 16.3. The molecule has 206 valence electrons. The lowest BCUT2D eigenvalue weighted by molar-refractivity contribution is -0.137. The van der Waals surface area contributed by atoms with Crippen LogP contribution in [0.1, 0.15) is 63.0 Å². The van der Waals surface area contributed by atoms with Crippen LogP contribution in [0.4, 0.5) is 0 Å². The van der Waals surface area contributed by atoms with Crippen molar-refractivity contribution in [1.29, 1.82) is 0 Å². The van der Waals surface area contributed by atoms with Crippen molar-refractivity contribution >= 4 is 22.7 Å². The van der Waals surface area contributed by atoms with Crippen molar-refractivity contribution in [2.45, 2.75) is 76.3 Å². The maximum atomic E-state index is 13.9. The van der Waals surface area contributed by atoms with E-state index in [4.69, 9.17) is 0 Å². The van der Waals surface area contributed by atoms with E-state index in [1.165, 1.54) is 19.3 Å². The normalized spacial score (nSPS) is 27.7. The quantitative estimate of drug-likeness (QED) is 0.302. The fourth-order valence-corrected chi connectivity index (χ4v) is 8.44. The van der Waals surface area contributed by atoms with E-state index in [-0.39, 0.29) is 23.8 Å². The van der Waals surface area contributed by atoms with Crippen LogP contribution in [0, 0.1) is 23.2 Å². The maximum Gasteiger partial charge on any atom is 0.246 e. The Hall–Kier alpha value is -3.12. The van der Waals surface area contributed by atoms with Gasteiger partial charge in [-0.3, -0.25) is 9.59 Å². The summed E-state index contributed by atoms with van der Waals surface area (Å²) in [5.74, 6) is 2.02. The second kappa shape index (κ2) is 10.5. The summed E-state index contributed by atoms with van der Waals surface area (Å²) in [6, 6.07) is 17.4. The predicted octanol–water partition coefficient (Wildman–Crippen LogP) is 4.91. The molecule has 7 rings (SSSR count). The zero-order chi connectivity index (χ0) is 27.0. The molecule has 1 aromatic heterocycles. The standard InChI is InChI=1S/C33H41N3O3/c1-32(18-26-20-34-29-10-6-5-9-28(26)29,31(39)35-27(21-37)14-22-7-3-2-4-8-22)36-30(38)19-33-15-23-11-24(16-33)13-25(12-23)17-33/h2-10,20,23-25,27,34,37H,11-19,21H2,1H3,(H,35,39)(H,36,38). The van der Waals surface area contributed by atoms with Gasteiger partial charge in [-0.25, -0.2) is 0 Å². The number of hydrogen-bond acceptors (Lipinski definition) is 3. The van der Waals surface area contributed by atoms with E-state index in [1.54, 1.807) is 0 Å². The molecule has 0 spiro atoms. The van der Waals surface area contributed by atoms with Crippen molar-refractivity contribution < 1.29 is 14.7 Å². The molecule has 2 amide bonds. The van der Waals surface area contributed by atoms with Crippen molar-refractivity contribution in [2.24, 2.45) is 23.2 Å². The van der Waals surface area contributed by atoms with Gasteiger partial charge in [0.1, 0.15) is 5.54 Å². The topological polar surface area (TPSA) is 94.2 Å². The van der Waals surface area contributed by atoms with Crippen LogP contribution in [-0.4, -0.2) is 40.1 Å². The Bertz CT molecular complexity index is 1300. The highest BCUT2D eigenvalue weighted by molar-refractivity contribution is 5.93. The molecule has 4 saturated carbocycles. The number of H-pyrrole nitrogens is 1. The first-order valence-electron chi connectivity index (χ1n) is 14.6. The number of amides is 2.